The number of methoxy groups -OCH3 is 1. The van der Waals surface area contributed by atoms with Crippen molar-refractivity contribution in [2.45, 2.75) is 0 Å². The Morgan fingerprint density at radius 1 is 1.17 bits per heavy atom. The maximum absolute atomic E-state index is 13.8. The first-order valence-corrected chi connectivity index (χ1v) is 12.2. The first-order valence-electron chi connectivity index (χ1n) is 8.43. The molecule has 3 aromatic rings. The molecule has 0 aliphatic rings. The summed E-state index contributed by atoms with van der Waals surface area (Å²) in [7, 11) is -1.05. The molecular formula is C19H18BrClFN4O2P. The SMILES string of the molecule is COc1c(Br)cc(F)cc1Nc1ncc(Cl)c(Nc2ccccc2P(C)(C)=O)n1. The summed E-state index contributed by atoms with van der Waals surface area (Å²) in [4.78, 5) is 8.51. The Hall–Kier alpha value is -2.15. The van der Waals surface area contributed by atoms with Gasteiger partial charge in [-0.05, 0) is 47.5 Å². The normalized spacial score (nSPS) is 11.2. The number of nitrogens with one attached hydrogen (secondary N) is 2. The number of ether oxygens (including phenoxy) is 1. The Bertz CT molecular complexity index is 1110. The van der Waals surface area contributed by atoms with E-state index in [1.54, 1.807) is 25.5 Å². The number of aromatic nitrogens is 2. The Labute approximate surface area is 181 Å². The highest BCUT2D eigenvalue weighted by Gasteiger charge is 2.17. The Balaban J connectivity index is 1.96. The van der Waals surface area contributed by atoms with Crippen LogP contribution in [0.2, 0.25) is 5.02 Å². The van der Waals surface area contributed by atoms with Crippen LogP contribution in [-0.4, -0.2) is 30.4 Å². The second-order valence-electron chi connectivity index (χ2n) is 6.48. The maximum atomic E-state index is 13.8. The highest BCUT2D eigenvalue weighted by Crippen LogP contribution is 2.39. The van der Waals surface area contributed by atoms with Crippen LogP contribution in [0.15, 0.2) is 47.1 Å². The smallest absolute Gasteiger partial charge is 0.229 e. The second kappa shape index (κ2) is 8.69. The van der Waals surface area contributed by atoms with Gasteiger partial charge in [-0.3, -0.25) is 0 Å². The molecule has 0 saturated carbocycles. The summed E-state index contributed by atoms with van der Waals surface area (Å²) in [5, 5.41) is 7.01. The fraction of sp³-hybridized carbons (Fsp3) is 0.158. The van der Waals surface area contributed by atoms with Gasteiger partial charge in [-0.1, -0.05) is 23.7 Å². The summed E-state index contributed by atoms with van der Waals surface area (Å²) in [5.41, 5.74) is 0.984. The van der Waals surface area contributed by atoms with E-state index in [1.807, 2.05) is 12.1 Å². The lowest BCUT2D eigenvalue weighted by Gasteiger charge is -2.16. The summed E-state index contributed by atoms with van der Waals surface area (Å²) in [6, 6.07) is 9.81. The monoisotopic (exact) mass is 498 g/mol. The molecule has 0 bridgehead atoms. The molecule has 0 spiro atoms. The molecule has 3 rings (SSSR count). The number of halogens is 3. The zero-order valence-corrected chi connectivity index (χ0v) is 19.1. The Morgan fingerprint density at radius 2 is 1.90 bits per heavy atom. The predicted molar refractivity (Wildman–Crippen MR) is 120 cm³/mol. The lowest BCUT2D eigenvalue weighted by molar-refractivity contribution is 0.413. The van der Waals surface area contributed by atoms with Crippen LogP contribution in [0.5, 0.6) is 5.75 Å². The molecule has 2 aromatic carbocycles. The van der Waals surface area contributed by atoms with Gasteiger partial charge < -0.3 is 19.9 Å². The van der Waals surface area contributed by atoms with Gasteiger partial charge in [0.2, 0.25) is 5.95 Å². The van der Waals surface area contributed by atoms with Crippen molar-refractivity contribution >= 4 is 63.1 Å². The summed E-state index contributed by atoms with van der Waals surface area (Å²) in [5.74, 6) is 0.451. The minimum absolute atomic E-state index is 0.182. The quantitative estimate of drug-likeness (QED) is 0.419. The van der Waals surface area contributed by atoms with Crippen LogP contribution in [0.4, 0.5) is 27.5 Å². The van der Waals surface area contributed by atoms with Crippen LogP contribution in [0.1, 0.15) is 0 Å². The predicted octanol–water partition coefficient (Wildman–Crippen LogP) is 5.78. The summed E-state index contributed by atoms with van der Waals surface area (Å²) >= 11 is 9.51. The van der Waals surface area contributed by atoms with Gasteiger partial charge >= 0.3 is 0 Å². The molecule has 0 atom stereocenters. The van der Waals surface area contributed by atoms with Crippen molar-refractivity contribution in [1.82, 2.24) is 9.97 Å². The van der Waals surface area contributed by atoms with Gasteiger partial charge in [-0.2, -0.15) is 4.98 Å². The van der Waals surface area contributed by atoms with E-state index in [9.17, 15) is 8.96 Å². The zero-order chi connectivity index (χ0) is 21.2. The number of hydrogen-bond acceptors (Lipinski definition) is 6. The molecule has 6 nitrogen and oxygen atoms in total. The molecule has 0 fully saturated rings. The lowest BCUT2D eigenvalue weighted by atomic mass is 10.3. The molecule has 0 amide bonds. The Morgan fingerprint density at radius 3 is 2.59 bits per heavy atom. The van der Waals surface area contributed by atoms with Gasteiger partial charge in [0.25, 0.3) is 0 Å². The van der Waals surface area contributed by atoms with Crippen LogP contribution in [0.25, 0.3) is 0 Å². The summed E-state index contributed by atoms with van der Waals surface area (Å²) in [6.45, 7) is 3.38. The maximum Gasteiger partial charge on any atom is 0.229 e. The highest BCUT2D eigenvalue weighted by atomic mass is 79.9. The van der Waals surface area contributed by atoms with Gasteiger partial charge in [0.15, 0.2) is 11.6 Å². The fourth-order valence-corrected chi connectivity index (χ4v) is 4.56. The first-order chi connectivity index (χ1) is 13.7. The van der Waals surface area contributed by atoms with Crippen LogP contribution >= 0.6 is 34.7 Å². The third kappa shape index (κ3) is 5.07. The molecule has 1 heterocycles. The number of anilines is 4. The van der Waals surface area contributed by atoms with E-state index in [4.69, 9.17) is 16.3 Å². The van der Waals surface area contributed by atoms with Crippen molar-refractivity contribution in [2.75, 3.05) is 31.1 Å². The lowest BCUT2D eigenvalue weighted by Crippen LogP contribution is -2.11. The molecule has 2 N–H and O–H groups in total. The van der Waals surface area contributed by atoms with Crippen molar-refractivity contribution < 1.29 is 13.7 Å². The van der Waals surface area contributed by atoms with Crippen molar-refractivity contribution in [2.24, 2.45) is 0 Å². The third-order valence-corrected chi connectivity index (χ3v) is 6.36. The third-order valence-electron chi connectivity index (χ3n) is 3.94. The molecule has 0 unspecified atom stereocenters. The number of nitrogens with zero attached hydrogens (tertiary/aromatic N) is 2. The minimum Gasteiger partial charge on any atom is -0.493 e. The number of rotatable bonds is 6. The van der Waals surface area contributed by atoms with E-state index in [1.165, 1.54) is 25.4 Å². The summed E-state index contributed by atoms with van der Waals surface area (Å²) in [6.07, 6.45) is 1.42. The van der Waals surface area contributed by atoms with Crippen molar-refractivity contribution in [1.29, 1.82) is 0 Å². The van der Waals surface area contributed by atoms with Gasteiger partial charge in [-0.15, -0.1) is 0 Å². The first kappa shape index (κ1) is 21.6. The van der Waals surface area contributed by atoms with E-state index < -0.39 is 13.0 Å². The highest BCUT2D eigenvalue weighted by molar-refractivity contribution is 9.10. The van der Waals surface area contributed by atoms with Crippen molar-refractivity contribution in [3.63, 3.8) is 0 Å². The topological polar surface area (TPSA) is 76.1 Å². The standard InChI is InChI=1S/C19H18BrClFN4O2P/c1-28-17-12(20)8-11(22)9-15(17)25-19-23-10-13(21)18(26-19)24-14-6-4-5-7-16(14)29(2,3)27/h4-10H,1-3H3,(H2,23,24,25,26). The average molecular weight is 500 g/mol. The Kier molecular flexibility index (Phi) is 6.46. The van der Waals surface area contributed by atoms with Gasteiger partial charge in [0, 0.05) is 11.4 Å². The van der Waals surface area contributed by atoms with Gasteiger partial charge in [-0.25, -0.2) is 9.37 Å². The van der Waals surface area contributed by atoms with Gasteiger partial charge in [0.1, 0.15) is 18.0 Å². The van der Waals surface area contributed by atoms with Crippen LogP contribution in [-0.2, 0) is 4.57 Å². The van der Waals surface area contributed by atoms with Crippen LogP contribution in [0.3, 0.4) is 0 Å². The van der Waals surface area contributed by atoms with E-state index in [0.29, 0.717) is 32.7 Å². The molecule has 0 radical (unpaired) electrons. The molecule has 29 heavy (non-hydrogen) atoms. The molecule has 0 saturated heterocycles. The average Bonchev–Trinajstić information content (AvgIpc) is 2.64. The molecule has 0 aliphatic carbocycles. The number of hydrogen-bond donors (Lipinski definition) is 2. The molecule has 152 valence electrons. The largest absolute Gasteiger partial charge is 0.493 e. The minimum atomic E-state index is -2.52. The van der Waals surface area contributed by atoms with E-state index in [-0.39, 0.29) is 11.0 Å². The molecule has 10 heteroatoms. The molecule has 0 aliphatic heterocycles. The van der Waals surface area contributed by atoms with Crippen LogP contribution < -0.4 is 20.7 Å². The van der Waals surface area contributed by atoms with Crippen molar-refractivity contribution in [3.05, 3.63) is 57.9 Å². The zero-order valence-electron chi connectivity index (χ0n) is 15.8. The fourth-order valence-electron chi connectivity index (χ4n) is 2.67. The van der Waals surface area contributed by atoms with E-state index >= 15 is 0 Å². The van der Waals surface area contributed by atoms with E-state index in [0.717, 1.165) is 0 Å². The molecular weight excluding hydrogens is 482 g/mol. The molecule has 1 aromatic heterocycles. The van der Waals surface area contributed by atoms with Crippen LogP contribution in [0, 0.1) is 5.82 Å². The van der Waals surface area contributed by atoms with Crippen molar-refractivity contribution in [3.8, 4) is 5.75 Å². The second-order valence-corrected chi connectivity index (χ2v) is 10.9. The number of para-hydroxylation sites is 1. The van der Waals surface area contributed by atoms with E-state index in [2.05, 4.69) is 36.5 Å². The number of benzene rings is 2. The summed E-state index contributed by atoms with van der Waals surface area (Å²) < 4.78 is 32.1. The van der Waals surface area contributed by atoms with Gasteiger partial charge in [0.05, 0.1) is 29.2 Å².